The van der Waals surface area contributed by atoms with Crippen molar-refractivity contribution in [2.75, 3.05) is 5.73 Å². The molecule has 1 aromatic carbocycles. The van der Waals surface area contributed by atoms with Gasteiger partial charge in [-0.05, 0) is 6.07 Å². The van der Waals surface area contributed by atoms with E-state index in [4.69, 9.17) is 5.73 Å². The molecule has 7 heteroatoms. The number of hydrogen-bond donors (Lipinski definition) is 1. The van der Waals surface area contributed by atoms with Crippen molar-refractivity contribution in [1.29, 1.82) is 0 Å². The summed E-state index contributed by atoms with van der Waals surface area (Å²) in [4.78, 5) is 9.93. The Labute approximate surface area is 76.5 Å². The molecule has 0 aliphatic carbocycles. The van der Waals surface area contributed by atoms with Crippen LogP contribution in [0.5, 0.6) is 0 Å². The van der Waals surface area contributed by atoms with E-state index in [1.807, 2.05) is 0 Å². The summed E-state index contributed by atoms with van der Waals surface area (Å²) in [7, 11) is 0. The fourth-order valence-corrected chi connectivity index (χ4v) is 1.57. The number of aromatic nitrogens is 2. The summed E-state index contributed by atoms with van der Waals surface area (Å²) >= 11 is 0.985. The standard InChI is InChI=1S/C6H4N4O2S/c7-5-4(10(11)12)2-1-3-6(5)9-13-8-3/h1-2H,7H2. The van der Waals surface area contributed by atoms with Gasteiger partial charge in [0.05, 0.1) is 16.7 Å². The van der Waals surface area contributed by atoms with Gasteiger partial charge in [0.2, 0.25) is 0 Å². The van der Waals surface area contributed by atoms with Gasteiger partial charge in [-0.15, -0.1) is 0 Å². The molecule has 6 nitrogen and oxygen atoms in total. The van der Waals surface area contributed by atoms with Crippen LogP contribution < -0.4 is 5.73 Å². The Kier molecular flexibility index (Phi) is 1.59. The Hall–Kier alpha value is -1.76. The summed E-state index contributed by atoms with van der Waals surface area (Å²) in [6.07, 6.45) is 0. The maximum absolute atomic E-state index is 10.5. The fraction of sp³-hybridized carbons (Fsp3) is 0. The molecule has 0 aliphatic rings. The lowest BCUT2D eigenvalue weighted by molar-refractivity contribution is -0.383. The molecule has 2 N–H and O–H groups in total. The van der Waals surface area contributed by atoms with Crippen LogP contribution in [-0.4, -0.2) is 13.7 Å². The molecule has 13 heavy (non-hydrogen) atoms. The molecule has 2 aromatic rings. The van der Waals surface area contributed by atoms with Gasteiger partial charge in [-0.3, -0.25) is 10.1 Å². The largest absolute Gasteiger partial charge is 0.391 e. The van der Waals surface area contributed by atoms with Gasteiger partial charge in [-0.25, -0.2) is 0 Å². The first-order chi connectivity index (χ1) is 6.20. The Morgan fingerprint density at radius 1 is 1.46 bits per heavy atom. The fourth-order valence-electron chi connectivity index (χ4n) is 1.02. The lowest BCUT2D eigenvalue weighted by atomic mass is 10.2. The van der Waals surface area contributed by atoms with Gasteiger partial charge in [0.25, 0.3) is 5.69 Å². The number of nitrogens with zero attached hydrogens (tertiary/aromatic N) is 3. The second kappa shape index (κ2) is 2.63. The lowest BCUT2D eigenvalue weighted by Crippen LogP contribution is -1.95. The molecule has 2 rings (SSSR count). The highest BCUT2D eigenvalue weighted by atomic mass is 32.1. The average molecular weight is 196 g/mol. The number of hydrogen-bond acceptors (Lipinski definition) is 6. The zero-order valence-corrected chi connectivity index (χ0v) is 7.11. The normalized spacial score (nSPS) is 10.5. The van der Waals surface area contributed by atoms with E-state index in [1.165, 1.54) is 12.1 Å². The van der Waals surface area contributed by atoms with Gasteiger partial charge >= 0.3 is 0 Å². The van der Waals surface area contributed by atoms with E-state index in [9.17, 15) is 10.1 Å². The van der Waals surface area contributed by atoms with Crippen LogP contribution in [0.1, 0.15) is 0 Å². The molecule has 0 spiro atoms. The molecule has 0 bridgehead atoms. The summed E-state index contributed by atoms with van der Waals surface area (Å²) in [6.45, 7) is 0. The molecule has 0 saturated heterocycles. The first-order valence-corrected chi connectivity index (χ1v) is 4.08. The number of nitro benzene ring substituents is 1. The maximum Gasteiger partial charge on any atom is 0.294 e. The smallest absolute Gasteiger partial charge is 0.294 e. The highest BCUT2D eigenvalue weighted by Crippen LogP contribution is 2.28. The van der Waals surface area contributed by atoms with E-state index < -0.39 is 4.92 Å². The van der Waals surface area contributed by atoms with Crippen molar-refractivity contribution in [3.8, 4) is 0 Å². The third-order valence-electron chi connectivity index (χ3n) is 1.64. The number of fused-ring (bicyclic) bond motifs is 1. The Morgan fingerprint density at radius 3 is 2.92 bits per heavy atom. The molecule has 0 atom stereocenters. The van der Waals surface area contributed by atoms with E-state index in [-0.39, 0.29) is 11.4 Å². The molecule has 0 unspecified atom stereocenters. The highest BCUT2D eigenvalue weighted by molar-refractivity contribution is 7.00. The number of rotatable bonds is 1. The second-order valence-electron chi connectivity index (χ2n) is 2.39. The summed E-state index contributed by atoms with van der Waals surface area (Å²) in [5.74, 6) is 0. The molecule has 0 aliphatic heterocycles. The van der Waals surface area contributed by atoms with Crippen molar-refractivity contribution in [1.82, 2.24) is 8.75 Å². The topological polar surface area (TPSA) is 94.9 Å². The van der Waals surface area contributed by atoms with E-state index in [0.29, 0.717) is 11.0 Å². The van der Waals surface area contributed by atoms with E-state index in [0.717, 1.165) is 11.7 Å². The SMILES string of the molecule is Nc1c([N+](=O)[O-])ccc2nsnc12. The van der Waals surface area contributed by atoms with Crippen molar-refractivity contribution in [2.24, 2.45) is 0 Å². The lowest BCUT2D eigenvalue weighted by Gasteiger charge is -1.95. The minimum atomic E-state index is -0.534. The number of benzene rings is 1. The van der Waals surface area contributed by atoms with Crippen molar-refractivity contribution in [2.45, 2.75) is 0 Å². The Morgan fingerprint density at radius 2 is 2.23 bits per heavy atom. The summed E-state index contributed by atoms with van der Waals surface area (Å²) < 4.78 is 7.77. The van der Waals surface area contributed by atoms with Crippen LogP contribution in [0.4, 0.5) is 11.4 Å². The molecule has 1 aromatic heterocycles. The van der Waals surface area contributed by atoms with Crippen molar-refractivity contribution in [3.05, 3.63) is 22.2 Å². The third kappa shape index (κ3) is 1.09. The van der Waals surface area contributed by atoms with Gasteiger partial charge in [0.15, 0.2) is 0 Å². The highest BCUT2D eigenvalue weighted by Gasteiger charge is 2.15. The predicted octanol–water partition coefficient (Wildman–Crippen LogP) is 1.18. The van der Waals surface area contributed by atoms with Gasteiger partial charge in [-0.1, -0.05) is 0 Å². The van der Waals surface area contributed by atoms with Crippen molar-refractivity contribution >= 4 is 34.1 Å². The van der Waals surface area contributed by atoms with Gasteiger partial charge in [0, 0.05) is 6.07 Å². The predicted molar refractivity (Wildman–Crippen MR) is 48.5 cm³/mol. The Balaban J connectivity index is 2.80. The molecule has 0 radical (unpaired) electrons. The third-order valence-corrected chi connectivity index (χ3v) is 2.18. The zero-order chi connectivity index (χ0) is 9.42. The first kappa shape index (κ1) is 7.87. The first-order valence-electron chi connectivity index (χ1n) is 3.35. The van der Waals surface area contributed by atoms with E-state index in [2.05, 4.69) is 8.75 Å². The molecule has 0 saturated carbocycles. The molecular weight excluding hydrogens is 192 g/mol. The van der Waals surface area contributed by atoms with Crippen molar-refractivity contribution in [3.63, 3.8) is 0 Å². The molecule has 0 fully saturated rings. The van der Waals surface area contributed by atoms with Crippen LogP contribution in [0.15, 0.2) is 12.1 Å². The minimum Gasteiger partial charge on any atom is -0.391 e. The van der Waals surface area contributed by atoms with Crippen LogP contribution in [0.25, 0.3) is 11.0 Å². The summed E-state index contributed by atoms with van der Waals surface area (Å²) in [6, 6.07) is 2.87. The van der Waals surface area contributed by atoms with Gasteiger partial charge < -0.3 is 5.73 Å². The van der Waals surface area contributed by atoms with Gasteiger partial charge in [-0.2, -0.15) is 8.75 Å². The Bertz CT molecular complexity index is 480. The minimum absolute atomic E-state index is 0.0799. The van der Waals surface area contributed by atoms with Crippen LogP contribution in [-0.2, 0) is 0 Å². The number of nitrogen functional groups attached to an aromatic ring is 1. The van der Waals surface area contributed by atoms with Crippen molar-refractivity contribution < 1.29 is 4.92 Å². The molecule has 0 amide bonds. The van der Waals surface area contributed by atoms with Crippen LogP contribution in [0.2, 0.25) is 0 Å². The van der Waals surface area contributed by atoms with Crippen LogP contribution in [0.3, 0.4) is 0 Å². The van der Waals surface area contributed by atoms with Crippen LogP contribution >= 0.6 is 11.7 Å². The van der Waals surface area contributed by atoms with Gasteiger partial charge in [0.1, 0.15) is 16.7 Å². The number of nitrogens with two attached hydrogens (primary N) is 1. The number of nitro groups is 1. The molecule has 66 valence electrons. The van der Waals surface area contributed by atoms with E-state index >= 15 is 0 Å². The number of anilines is 1. The molecular formula is C6H4N4O2S. The maximum atomic E-state index is 10.5. The monoisotopic (exact) mass is 196 g/mol. The summed E-state index contributed by atoms with van der Waals surface area (Å²) in [5, 5.41) is 10.5. The second-order valence-corrected chi connectivity index (χ2v) is 2.92. The summed E-state index contributed by atoms with van der Waals surface area (Å²) in [5.41, 5.74) is 6.47. The quantitative estimate of drug-likeness (QED) is 0.419. The molecule has 1 heterocycles. The van der Waals surface area contributed by atoms with E-state index in [1.54, 1.807) is 0 Å². The average Bonchev–Trinajstić information content (AvgIpc) is 2.52. The van der Waals surface area contributed by atoms with Crippen LogP contribution in [0, 0.1) is 10.1 Å². The zero-order valence-electron chi connectivity index (χ0n) is 6.30.